The Morgan fingerprint density at radius 2 is 2.06 bits per heavy atom. The van der Waals surface area contributed by atoms with Crippen molar-refractivity contribution >= 4 is 5.91 Å². The molecule has 2 aliphatic rings. The minimum atomic E-state index is 0.164. The summed E-state index contributed by atoms with van der Waals surface area (Å²) in [5.74, 6) is 0.244. The Bertz CT molecular complexity index is 446. The van der Waals surface area contributed by atoms with Crippen LogP contribution in [0.15, 0.2) is 12.4 Å². The summed E-state index contributed by atoms with van der Waals surface area (Å²) in [6, 6.07) is 0.164. The van der Waals surface area contributed by atoms with Gasteiger partial charge in [0, 0.05) is 31.5 Å². The molecule has 0 radical (unpaired) electrons. The van der Waals surface area contributed by atoms with Gasteiger partial charge in [-0.1, -0.05) is 0 Å². The Kier molecular flexibility index (Phi) is 3.12. The Labute approximate surface area is 108 Å². The van der Waals surface area contributed by atoms with E-state index in [1.54, 1.807) is 0 Å². The number of aromatic nitrogens is 1. The molecule has 1 atom stereocenters. The molecule has 2 N–H and O–H groups in total. The van der Waals surface area contributed by atoms with Crippen molar-refractivity contribution in [3.8, 4) is 0 Å². The lowest BCUT2D eigenvalue weighted by Gasteiger charge is -2.17. The lowest BCUT2D eigenvalue weighted by Crippen LogP contribution is -2.30. The summed E-state index contributed by atoms with van der Waals surface area (Å²) in [5, 5.41) is 0. The normalized spacial score (nSPS) is 23.2. The van der Waals surface area contributed by atoms with Gasteiger partial charge < -0.3 is 15.2 Å². The molecule has 0 bridgehead atoms. The standard InChI is InChI=1S/C14H21N3O/c15-13-5-3-4-11-8-16(9-12(11)13)10-14(18)17-6-1-2-7-17/h8-9,13H,1-7,10,15H2. The molecule has 2 heterocycles. The first kappa shape index (κ1) is 11.8. The number of fused-ring (bicyclic) bond motifs is 1. The molecule has 98 valence electrons. The van der Waals surface area contributed by atoms with Crippen molar-refractivity contribution in [2.75, 3.05) is 13.1 Å². The van der Waals surface area contributed by atoms with E-state index < -0.39 is 0 Å². The first-order valence-corrected chi connectivity index (χ1v) is 6.96. The summed E-state index contributed by atoms with van der Waals surface area (Å²) < 4.78 is 2.02. The molecule has 1 aromatic rings. The number of nitrogens with zero attached hydrogens (tertiary/aromatic N) is 2. The first-order valence-electron chi connectivity index (χ1n) is 6.96. The highest BCUT2D eigenvalue weighted by Gasteiger charge is 2.21. The highest BCUT2D eigenvalue weighted by molar-refractivity contribution is 5.76. The second-order valence-corrected chi connectivity index (χ2v) is 5.50. The zero-order valence-corrected chi connectivity index (χ0v) is 10.8. The third kappa shape index (κ3) is 2.17. The van der Waals surface area contributed by atoms with E-state index in [1.165, 1.54) is 11.1 Å². The van der Waals surface area contributed by atoms with Crippen molar-refractivity contribution in [3.63, 3.8) is 0 Å². The Morgan fingerprint density at radius 3 is 2.78 bits per heavy atom. The van der Waals surface area contributed by atoms with Crippen LogP contribution < -0.4 is 5.73 Å². The number of rotatable bonds is 2. The van der Waals surface area contributed by atoms with Crippen molar-refractivity contribution in [3.05, 3.63) is 23.5 Å². The third-order valence-corrected chi connectivity index (χ3v) is 4.13. The van der Waals surface area contributed by atoms with E-state index in [0.717, 1.165) is 45.2 Å². The summed E-state index contributed by atoms with van der Waals surface area (Å²) in [6.45, 7) is 2.33. The van der Waals surface area contributed by atoms with Gasteiger partial charge in [0.25, 0.3) is 0 Å². The van der Waals surface area contributed by atoms with Gasteiger partial charge in [-0.25, -0.2) is 0 Å². The Balaban J connectivity index is 1.71. The van der Waals surface area contributed by atoms with Gasteiger partial charge in [-0.2, -0.15) is 0 Å². The number of likely N-dealkylation sites (tertiary alicyclic amines) is 1. The number of carbonyl (C=O) groups excluding carboxylic acids is 1. The monoisotopic (exact) mass is 247 g/mol. The number of hydrogen-bond acceptors (Lipinski definition) is 2. The summed E-state index contributed by atoms with van der Waals surface area (Å²) in [4.78, 5) is 14.1. The molecule has 1 fully saturated rings. The van der Waals surface area contributed by atoms with E-state index in [2.05, 4.69) is 12.4 Å². The smallest absolute Gasteiger partial charge is 0.242 e. The minimum Gasteiger partial charge on any atom is -0.344 e. The van der Waals surface area contributed by atoms with E-state index in [9.17, 15) is 4.79 Å². The predicted octanol–water partition coefficient (Wildman–Crippen LogP) is 1.45. The summed E-state index contributed by atoms with van der Waals surface area (Å²) in [7, 11) is 0. The van der Waals surface area contributed by atoms with Crippen molar-refractivity contribution in [2.24, 2.45) is 5.73 Å². The van der Waals surface area contributed by atoms with Crippen molar-refractivity contribution < 1.29 is 4.79 Å². The number of carbonyl (C=O) groups is 1. The molecule has 1 aromatic heterocycles. The Hall–Kier alpha value is -1.29. The fourth-order valence-electron chi connectivity index (χ4n) is 3.10. The van der Waals surface area contributed by atoms with Crippen LogP contribution in [0.2, 0.25) is 0 Å². The topological polar surface area (TPSA) is 51.3 Å². The summed E-state index contributed by atoms with van der Waals surface area (Å²) in [5.41, 5.74) is 8.69. The van der Waals surface area contributed by atoms with Crippen molar-refractivity contribution in [1.29, 1.82) is 0 Å². The number of amides is 1. The van der Waals surface area contributed by atoms with E-state index in [0.29, 0.717) is 6.54 Å². The number of hydrogen-bond donors (Lipinski definition) is 1. The van der Waals surface area contributed by atoms with Gasteiger partial charge in [-0.05, 0) is 43.2 Å². The van der Waals surface area contributed by atoms with Crippen LogP contribution in [-0.4, -0.2) is 28.5 Å². The molecule has 18 heavy (non-hydrogen) atoms. The highest BCUT2D eigenvalue weighted by Crippen LogP contribution is 2.28. The maximum atomic E-state index is 12.1. The molecule has 4 heteroatoms. The average Bonchev–Trinajstić information content (AvgIpc) is 2.97. The van der Waals surface area contributed by atoms with Gasteiger partial charge >= 0.3 is 0 Å². The molecule has 4 nitrogen and oxygen atoms in total. The predicted molar refractivity (Wildman–Crippen MR) is 70.1 cm³/mol. The van der Waals surface area contributed by atoms with Crippen LogP contribution in [0, 0.1) is 0 Å². The SMILES string of the molecule is NC1CCCc2cn(CC(=O)N3CCCC3)cc21. The van der Waals surface area contributed by atoms with E-state index in [-0.39, 0.29) is 11.9 Å². The lowest BCUT2D eigenvalue weighted by atomic mass is 9.92. The molecule has 0 spiro atoms. The van der Waals surface area contributed by atoms with Gasteiger partial charge in [-0.15, -0.1) is 0 Å². The molecule has 0 aromatic carbocycles. The third-order valence-electron chi connectivity index (χ3n) is 4.13. The maximum absolute atomic E-state index is 12.1. The molecule has 1 unspecified atom stereocenters. The molecular weight excluding hydrogens is 226 g/mol. The van der Waals surface area contributed by atoms with Gasteiger partial charge in [0.2, 0.25) is 5.91 Å². The van der Waals surface area contributed by atoms with Gasteiger partial charge in [0.1, 0.15) is 6.54 Å². The quantitative estimate of drug-likeness (QED) is 0.860. The second-order valence-electron chi connectivity index (χ2n) is 5.50. The second kappa shape index (κ2) is 4.76. The van der Waals surface area contributed by atoms with E-state index in [4.69, 9.17) is 5.73 Å². The van der Waals surface area contributed by atoms with Gasteiger partial charge in [0.05, 0.1) is 0 Å². The van der Waals surface area contributed by atoms with Crippen LogP contribution in [0.3, 0.4) is 0 Å². The molecule has 1 saturated heterocycles. The average molecular weight is 247 g/mol. The highest BCUT2D eigenvalue weighted by atomic mass is 16.2. The zero-order chi connectivity index (χ0) is 12.5. The molecule has 1 amide bonds. The van der Waals surface area contributed by atoms with Crippen molar-refractivity contribution in [2.45, 2.75) is 44.7 Å². The van der Waals surface area contributed by atoms with Crippen LogP contribution in [-0.2, 0) is 17.8 Å². The number of nitrogens with two attached hydrogens (primary N) is 1. The first-order chi connectivity index (χ1) is 8.74. The minimum absolute atomic E-state index is 0.164. The molecule has 0 saturated carbocycles. The fraction of sp³-hybridized carbons (Fsp3) is 0.643. The largest absolute Gasteiger partial charge is 0.344 e. The molecular formula is C14H21N3O. The fourth-order valence-corrected chi connectivity index (χ4v) is 3.10. The van der Waals surface area contributed by atoms with Gasteiger partial charge in [-0.3, -0.25) is 4.79 Å². The van der Waals surface area contributed by atoms with Crippen molar-refractivity contribution in [1.82, 2.24) is 9.47 Å². The molecule has 1 aliphatic heterocycles. The van der Waals surface area contributed by atoms with Crippen LogP contribution in [0.4, 0.5) is 0 Å². The maximum Gasteiger partial charge on any atom is 0.242 e. The number of aryl methyl sites for hydroxylation is 1. The summed E-state index contributed by atoms with van der Waals surface area (Å²) >= 11 is 0. The van der Waals surface area contributed by atoms with Crippen LogP contribution in [0.5, 0.6) is 0 Å². The van der Waals surface area contributed by atoms with E-state index >= 15 is 0 Å². The lowest BCUT2D eigenvalue weighted by molar-refractivity contribution is -0.130. The Morgan fingerprint density at radius 1 is 1.28 bits per heavy atom. The van der Waals surface area contributed by atoms with E-state index in [1.807, 2.05) is 9.47 Å². The van der Waals surface area contributed by atoms with Crippen LogP contribution >= 0.6 is 0 Å². The van der Waals surface area contributed by atoms with Crippen LogP contribution in [0.25, 0.3) is 0 Å². The summed E-state index contributed by atoms with van der Waals surface area (Å²) in [6.07, 6.45) is 9.83. The molecule has 1 aliphatic carbocycles. The van der Waals surface area contributed by atoms with Gasteiger partial charge in [0.15, 0.2) is 0 Å². The zero-order valence-electron chi connectivity index (χ0n) is 10.8. The van der Waals surface area contributed by atoms with Crippen LogP contribution in [0.1, 0.15) is 42.9 Å². The molecule has 3 rings (SSSR count).